The number of aromatic amines is 1. The number of rotatable bonds is 8. The summed E-state index contributed by atoms with van der Waals surface area (Å²) in [5, 5.41) is 18.0. The summed E-state index contributed by atoms with van der Waals surface area (Å²) in [7, 11) is 0. The molecule has 0 bridgehead atoms. The van der Waals surface area contributed by atoms with Crippen LogP contribution in [0.5, 0.6) is 11.5 Å². The fourth-order valence-corrected chi connectivity index (χ4v) is 4.97. The zero-order valence-corrected chi connectivity index (χ0v) is 21.9. The first-order chi connectivity index (χ1) is 18.9. The number of ketones is 1. The number of phenolic OH excluding ortho intramolecular Hbond substituents is 2. The molecular formula is C30H35FN4O4. The predicted molar refractivity (Wildman–Crippen MR) is 150 cm³/mol. The second-order valence-electron chi connectivity index (χ2n) is 9.79. The molecule has 0 aliphatic carbocycles. The normalized spacial score (nSPS) is 14.2. The second-order valence-corrected chi connectivity index (χ2v) is 9.79. The molecule has 2 heterocycles. The molecule has 8 nitrogen and oxygen atoms in total. The zero-order chi connectivity index (χ0) is 27.8. The van der Waals surface area contributed by atoms with E-state index in [0.29, 0.717) is 24.9 Å². The van der Waals surface area contributed by atoms with Crippen molar-refractivity contribution in [3.8, 4) is 11.5 Å². The van der Waals surface area contributed by atoms with Crippen LogP contribution in [-0.4, -0.2) is 56.6 Å². The standard InChI is InChI=1S/C22H24FN3O2.C8H11NO2/c23-17-9-7-16(8-10-17)21(27)6-3-13-25-14-11-18(12-15-25)26-20-5-2-1-4-19(20)24-22(26)28;9-4-3-6-1-2-7(10)8(11)5-6/h1-2,4-5,7-10,18H,3,6,11-15H2,(H,24,28);1-2,5,10-11H,3-4,9H2. The number of Topliss-reactive ketones (excluding diaryl/α,β-unsaturated/α-hetero) is 1. The number of imidazole rings is 1. The van der Waals surface area contributed by atoms with Gasteiger partial charge in [0.1, 0.15) is 5.82 Å². The summed E-state index contributed by atoms with van der Waals surface area (Å²) >= 11 is 0. The number of nitrogens with zero attached hydrogens (tertiary/aromatic N) is 2. The Bertz CT molecular complexity index is 1440. The number of phenols is 2. The highest BCUT2D eigenvalue weighted by Gasteiger charge is 2.23. The minimum absolute atomic E-state index is 0.0375. The number of likely N-dealkylation sites (tertiary alicyclic amines) is 1. The van der Waals surface area contributed by atoms with Gasteiger partial charge in [-0.2, -0.15) is 0 Å². The first-order valence-electron chi connectivity index (χ1n) is 13.3. The Kier molecular flexibility index (Phi) is 9.51. The van der Waals surface area contributed by atoms with Gasteiger partial charge in [0.2, 0.25) is 0 Å². The third-order valence-electron chi connectivity index (χ3n) is 7.06. The monoisotopic (exact) mass is 534 g/mol. The minimum Gasteiger partial charge on any atom is -0.504 e. The van der Waals surface area contributed by atoms with Gasteiger partial charge in [-0.1, -0.05) is 18.2 Å². The number of carbonyl (C=O) groups is 1. The predicted octanol–water partition coefficient (Wildman–Crippen LogP) is 4.37. The number of benzene rings is 3. The average molecular weight is 535 g/mol. The van der Waals surface area contributed by atoms with Gasteiger partial charge in [-0.25, -0.2) is 9.18 Å². The molecule has 0 radical (unpaired) electrons. The second kappa shape index (κ2) is 13.2. The molecule has 3 aromatic carbocycles. The van der Waals surface area contributed by atoms with Crippen LogP contribution in [0, 0.1) is 5.82 Å². The lowest BCUT2D eigenvalue weighted by atomic mass is 10.0. The molecule has 5 N–H and O–H groups in total. The molecule has 0 atom stereocenters. The summed E-state index contributed by atoms with van der Waals surface area (Å²) in [4.78, 5) is 29.8. The van der Waals surface area contributed by atoms with Crippen molar-refractivity contribution in [3.63, 3.8) is 0 Å². The highest BCUT2D eigenvalue weighted by atomic mass is 19.1. The highest BCUT2D eigenvalue weighted by molar-refractivity contribution is 5.95. The maximum atomic E-state index is 12.9. The van der Waals surface area contributed by atoms with Crippen molar-refractivity contribution in [2.24, 2.45) is 5.73 Å². The van der Waals surface area contributed by atoms with Crippen LogP contribution in [0.1, 0.15) is 47.6 Å². The number of aromatic hydroxyl groups is 2. The van der Waals surface area contributed by atoms with Crippen molar-refractivity contribution in [1.29, 1.82) is 0 Å². The number of aromatic nitrogens is 2. The number of hydrogen-bond donors (Lipinski definition) is 4. The van der Waals surface area contributed by atoms with E-state index in [9.17, 15) is 14.0 Å². The van der Waals surface area contributed by atoms with Crippen molar-refractivity contribution >= 4 is 16.8 Å². The number of hydrogen-bond acceptors (Lipinski definition) is 6. The lowest BCUT2D eigenvalue weighted by Crippen LogP contribution is -2.37. The number of carbonyl (C=O) groups excluding carboxylic acids is 1. The summed E-state index contributed by atoms with van der Waals surface area (Å²) in [5.74, 6) is -0.448. The number of fused-ring (bicyclic) bond motifs is 1. The van der Waals surface area contributed by atoms with E-state index >= 15 is 0 Å². The molecule has 5 rings (SSSR count). The third kappa shape index (κ3) is 7.34. The molecule has 1 fully saturated rings. The topological polar surface area (TPSA) is 125 Å². The first-order valence-corrected chi connectivity index (χ1v) is 13.3. The van der Waals surface area contributed by atoms with E-state index in [1.54, 1.807) is 18.2 Å². The summed E-state index contributed by atoms with van der Waals surface area (Å²) in [5.41, 5.74) is 8.62. The van der Waals surface area contributed by atoms with Gasteiger partial charge in [0, 0.05) is 31.1 Å². The van der Waals surface area contributed by atoms with E-state index in [1.165, 1.54) is 24.3 Å². The minimum atomic E-state index is -0.325. The molecule has 0 spiro atoms. The molecule has 1 saturated heterocycles. The largest absolute Gasteiger partial charge is 0.504 e. The summed E-state index contributed by atoms with van der Waals surface area (Å²) in [6, 6.07) is 18.5. The maximum absolute atomic E-state index is 12.9. The molecular weight excluding hydrogens is 499 g/mol. The molecule has 9 heteroatoms. The molecule has 1 aliphatic heterocycles. The smallest absolute Gasteiger partial charge is 0.326 e. The first kappa shape index (κ1) is 28.1. The van der Waals surface area contributed by atoms with Gasteiger partial charge < -0.3 is 25.8 Å². The van der Waals surface area contributed by atoms with E-state index in [-0.39, 0.29) is 34.8 Å². The molecule has 1 aliphatic rings. The quantitative estimate of drug-likeness (QED) is 0.197. The SMILES string of the molecule is NCCc1ccc(O)c(O)c1.O=C(CCCN1CCC(n2c(=O)[nH]c3ccccc32)CC1)c1ccc(F)cc1. The van der Waals surface area contributed by atoms with Gasteiger partial charge in [0.05, 0.1) is 11.0 Å². The van der Waals surface area contributed by atoms with E-state index < -0.39 is 0 Å². The number of nitrogens with two attached hydrogens (primary N) is 1. The Morgan fingerprint density at radius 2 is 1.72 bits per heavy atom. The lowest BCUT2D eigenvalue weighted by Gasteiger charge is -2.32. The molecule has 39 heavy (non-hydrogen) atoms. The average Bonchev–Trinajstić information content (AvgIpc) is 3.27. The van der Waals surface area contributed by atoms with Crippen molar-refractivity contribution in [2.45, 2.75) is 38.1 Å². The summed E-state index contributed by atoms with van der Waals surface area (Å²) in [6.07, 6.45) is 3.82. The lowest BCUT2D eigenvalue weighted by molar-refractivity contribution is 0.0970. The van der Waals surface area contributed by atoms with Crippen LogP contribution < -0.4 is 11.4 Å². The van der Waals surface area contributed by atoms with Gasteiger partial charge in [-0.05, 0) is 92.9 Å². The van der Waals surface area contributed by atoms with Gasteiger partial charge in [-0.3, -0.25) is 9.36 Å². The fraction of sp³-hybridized carbons (Fsp3) is 0.333. The van der Waals surface area contributed by atoms with Crippen LogP contribution in [0.2, 0.25) is 0 Å². The number of piperidine rings is 1. The van der Waals surface area contributed by atoms with Crippen molar-refractivity contribution in [2.75, 3.05) is 26.2 Å². The maximum Gasteiger partial charge on any atom is 0.326 e. The van der Waals surface area contributed by atoms with Crippen LogP contribution >= 0.6 is 0 Å². The van der Waals surface area contributed by atoms with Gasteiger partial charge in [0.15, 0.2) is 17.3 Å². The zero-order valence-electron chi connectivity index (χ0n) is 21.9. The van der Waals surface area contributed by atoms with Crippen LogP contribution in [0.25, 0.3) is 11.0 Å². The van der Waals surface area contributed by atoms with E-state index in [4.69, 9.17) is 15.9 Å². The van der Waals surface area contributed by atoms with Crippen LogP contribution in [0.4, 0.5) is 4.39 Å². The number of para-hydroxylation sites is 2. The Hall–Kier alpha value is -3.95. The Labute approximate surface area is 226 Å². The van der Waals surface area contributed by atoms with Crippen LogP contribution in [0.3, 0.4) is 0 Å². The number of nitrogens with one attached hydrogen (secondary N) is 1. The van der Waals surface area contributed by atoms with E-state index in [1.807, 2.05) is 28.8 Å². The Balaban J connectivity index is 0.000000270. The van der Waals surface area contributed by atoms with Crippen molar-refractivity contribution in [1.82, 2.24) is 14.5 Å². The summed E-state index contributed by atoms with van der Waals surface area (Å²) in [6.45, 7) is 3.25. The third-order valence-corrected chi connectivity index (χ3v) is 7.06. The Morgan fingerprint density at radius 1 is 1.00 bits per heavy atom. The molecule has 1 aromatic heterocycles. The molecule has 0 amide bonds. The fourth-order valence-electron chi connectivity index (χ4n) is 4.97. The van der Waals surface area contributed by atoms with Gasteiger partial charge in [0.25, 0.3) is 0 Å². The van der Waals surface area contributed by atoms with E-state index in [2.05, 4.69) is 9.88 Å². The molecule has 0 saturated carbocycles. The van der Waals surface area contributed by atoms with Gasteiger partial charge >= 0.3 is 5.69 Å². The molecule has 0 unspecified atom stereocenters. The van der Waals surface area contributed by atoms with Gasteiger partial charge in [-0.15, -0.1) is 0 Å². The van der Waals surface area contributed by atoms with Crippen LogP contribution in [-0.2, 0) is 6.42 Å². The summed E-state index contributed by atoms with van der Waals surface area (Å²) < 4.78 is 14.8. The molecule has 206 valence electrons. The van der Waals surface area contributed by atoms with Crippen molar-refractivity contribution in [3.05, 3.63) is 94.2 Å². The van der Waals surface area contributed by atoms with E-state index in [0.717, 1.165) is 55.5 Å². The van der Waals surface area contributed by atoms with Crippen molar-refractivity contribution < 1.29 is 19.4 Å². The highest BCUT2D eigenvalue weighted by Crippen LogP contribution is 2.26. The molecule has 4 aromatic rings. The Morgan fingerprint density at radius 3 is 2.41 bits per heavy atom. The number of halogens is 1. The number of H-pyrrole nitrogens is 1. The van der Waals surface area contributed by atoms with Crippen LogP contribution in [0.15, 0.2) is 71.5 Å².